The van der Waals surface area contributed by atoms with Gasteiger partial charge < -0.3 is 4.43 Å². The van der Waals surface area contributed by atoms with Gasteiger partial charge in [0.15, 0.2) is 0 Å². The number of rotatable bonds is 5. The van der Waals surface area contributed by atoms with Crippen molar-refractivity contribution in [3.63, 3.8) is 0 Å². The Hall–Kier alpha value is -1.97. The smallest absolute Gasteiger partial charge is 0.250 e. The van der Waals surface area contributed by atoms with Gasteiger partial charge in [0, 0.05) is 16.8 Å². The van der Waals surface area contributed by atoms with Crippen molar-refractivity contribution < 1.29 is 4.43 Å². The molecule has 0 atom stereocenters. The van der Waals surface area contributed by atoms with Crippen molar-refractivity contribution in [3.8, 4) is 5.75 Å². The maximum atomic E-state index is 8.45. The summed E-state index contributed by atoms with van der Waals surface area (Å²) in [7, 11) is -1.88. The van der Waals surface area contributed by atoms with Gasteiger partial charge in [-0.2, -0.15) is 0 Å². The minimum atomic E-state index is -1.88. The lowest BCUT2D eigenvalue weighted by Gasteiger charge is -2.36. The second kappa shape index (κ2) is 6.65. The summed E-state index contributed by atoms with van der Waals surface area (Å²) in [4.78, 5) is 2.83. The predicted octanol–water partition coefficient (Wildman–Crippen LogP) is 6.08. The van der Waals surface area contributed by atoms with Crippen LogP contribution in [-0.4, -0.2) is 14.9 Å². The number of benzene rings is 2. The summed E-state index contributed by atoms with van der Waals surface area (Å²) in [6.45, 7) is 11.7. The van der Waals surface area contributed by atoms with E-state index < -0.39 is 8.32 Å². The molecule has 2 rings (SSSR count). The molecule has 0 aliphatic rings. The Balaban J connectivity index is 2.43. The monoisotopic (exact) mass is 327 g/mol. The molecule has 0 saturated carbocycles. The van der Waals surface area contributed by atoms with Gasteiger partial charge in [0.1, 0.15) is 5.75 Å². The Morgan fingerprint density at radius 2 is 1.74 bits per heavy atom. The molecule has 0 unspecified atom stereocenters. The number of azide groups is 1. The van der Waals surface area contributed by atoms with Crippen LogP contribution >= 0.6 is 0 Å². The highest BCUT2D eigenvalue weighted by Crippen LogP contribution is 2.39. The van der Waals surface area contributed by atoms with Gasteiger partial charge >= 0.3 is 0 Å². The quantitative estimate of drug-likeness (QED) is 0.284. The average Bonchev–Trinajstić information content (AvgIpc) is 2.47. The van der Waals surface area contributed by atoms with Crippen molar-refractivity contribution in [1.29, 1.82) is 0 Å². The van der Waals surface area contributed by atoms with Gasteiger partial charge in [-0.1, -0.05) is 56.2 Å². The molecule has 0 fully saturated rings. The summed E-state index contributed by atoms with van der Waals surface area (Å²) in [6.07, 6.45) is 0.741. The minimum Gasteiger partial charge on any atom is -0.543 e. The molecule has 2 aromatic carbocycles. The summed E-state index contributed by atoms with van der Waals surface area (Å²) in [6, 6.07) is 12.5. The van der Waals surface area contributed by atoms with Crippen molar-refractivity contribution >= 4 is 19.1 Å². The number of fused-ring (bicyclic) bond motifs is 1. The van der Waals surface area contributed by atoms with Crippen LogP contribution in [0.2, 0.25) is 18.1 Å². The van der Waals surface area contributed by atoms with Crippen LogP contribution in [0.1, 0.15) is 26.3 Å². The van der Waals surface area contributed by atoms with E-state index in [0.717, 1.165) is 17.6 Å². The second-order valence-corrected chi connectivity index (χ2v) is 12.1. The van der Waals surface area contributed by atoms with Gasteiger partial charge in [-0.05, 0) is 47.1 Å². The van der Waals surface area contributed by atoms with Gasteiger partial charge in [-0.3, -0.25) is 0 Å². The van der Waals surface area contributed by atoms with Gasteiger partial charge in [-0.15, -0.1) is 0 Å². The average molecular weight is 328 g/mol. The summed E-state index contributed by atoms with van der Waals surface area (Å²) in [5, 5.41) is 6.12. The predicted molar refractivity (Wildman–Crippen MR) is 99.5 cm³/mol. The van der Waals surface area contributed by atoms with E-state index in [1.54, 1.807) is 0 Å². The van der Waals surface area contributed by atoms with E-state index in [-0.39, 0.29) is 5.04 Å². The zero-order chi connectivity index (χ0) is 17.1. The molecular weight excluding hydrogens is 302 g/mol. The van der Waals surface area contributed by atoms with Gasteiger partial charge in [0.2, 0.25) is 0 Å². The fraction of sp³-hybridized carbons (Fsp3) is 0.444. The number of hydrogen-bond donors (Lipinski definition) is 0. The van der Waals surface area contributed by atoms with Crippen molar-refractivity contribution in [2.75, 3.05) is 6.54 Å². The van der Waals surface area contributed by atoms with E-state index >= 15 is 0 Å². The number of hydrogen-bond acceptors (Lipinski definition) is 2. The Kier molecular flexibility index (Phi) is 5.02. The Morgan fingerprint density at radius 3 is 2.39 bits per heavy atom. The molecule has 2 aromatic rings. The highest BCUT2D eigenvalue weighted by Gasteiger charge is 2.39. The van der Waals surface area contributed by atoms with Crippen LogP contribution in [0.5, 0.6) is 5.75 Å². The molecule has 0 heterocycles. The topological polar surface area (TPSA) is 58.0 Å². The van der Waals surface area contributed by atoms with E-state index in [2.05, 4.69) is 68.2 Å². The first kappa shape index (κ1) is 17.4. The lowest BCUT2D eigenvalue weighted by Crippen LogP contribution is -2.43. The fourth-order valence-electron chi connectivity index (χ4n) is 2.30. The first-order valence-electron chi connectivity index (χ1n) is 7.97. The second-order valence-electron chi connectivity index (χ2n) is 7.34. The molecule has 0 N–H and O–H groups in total. The molecule has 122 valence electrons. The molecule has 0 aliphatic heterocycles. The Labute approximate surface area is 139 Å². The van der Waals surface area contributed by atoms with Crippen LogP contribution in [0.25, 0.3) is 21.2 Å². The van der Waals surface area contributed by atoms with E-state index in [4.69, 9.17) is 9.96 Å². The van der Waals surface area contributed by atoms with Crippen LogP contribution in [-0.2, 0) is 6.42 Å². The number of nitrogens with zero attached hydrogens (tertiary/aromatic N) is 3. The zero-order valence-electron chi connectivity index (χ0n) is 14.6. The zero-order valence-corrected chi connectivity index (χ0v) is 15.6. The van der Waals surface area contributed by atoms with E-state index in [9.17, 15) is 0 Å². The minimum absolute atomic E-state index is 0.161. The van der Waals surface area contributed by atoms with Gasteiger partial charge in [-0.25, -0.2) is 0 Å². The van der Waals surface area contributed by atoms with Crippen LogP contribution in [0, 0.1) is 0 Å². The van der Waals surface area contributed by atoms with Crippen molar-refractivity contribution in [2.45, 2.75) is 45.3 Å². The molecule has 0 aliphatic carbocycles. The van der Waals surface area contributed by atoms with Crippen LogP contribution in [0.3, 0.4) is 0 Å². The third-order valence-electron chi connectivity index (χ3n) is 4.69. The normalized spacial score (nSPS) is 12.0. The Bertz CT molecular complexity index is 744. The van der Waals surface area contributed by atoms with Crippen LogP contribution < -0.4 is 4.43 Å². The first-order chi connectivity index (χ1) is 10.8. The van der Waals surface area contributed by atoms with Crippen molar-refractivity contribution in [2.24, 2.45) is 5.11 Å². The van der Waals surface area contributed by atoms with Crippen LogP contribution in [0.4, 0.5) is 0 Å². The van der Waals surface area contributed by atoms with E-state index in [0.29, 0.717) is 6.54 Å². The molecule has 4 nitrogen and oxygen atoms in total. The molecular formula is C18H25N3OSi. The third-order valence-corrected chi connectivity index (χ3v) is 9.03. The molecule has 0 bridgehead atoms. The lowest BCUT2D eigenvalue weighted by molar-refractivity contribution is 0.496. The van der Waals surface area contributed by atoms with Gasteiger partial charge in [0.05, 0.1) is 0 Å². The van der Waals surface area contributed by atoms with Crippen molar-refractivity contribution in [3.05, 3.63) is 52.4 Å². The first-order valence-corrected chi connectivity index (χ1v) is 10.9. The molecule has 0 radical (unpaired) electrons. The van der Waals surface area contributed by atoms with E-state index in [1.165, 1.54) is 10.9 Å². The summed E-state index contributed by atoms with van der Waals surface area (Å²) >= 11 is 0. The van der Waals surface area contributed by atoms with Crippen molar-refractivity contribution in [1.82, 2.24) is 0 Å². The maximum Gasteiger partial charge on any atom is 0.250 e. The van der Waals surface area contributed by atoms with Gasteiger partial charge in [0.25, 0.3) is 8.32 Å². The highest BCUT2D eigenvalue weighted by atomic mass is 28.4. The molecule has 23 heavy (non-hydrogen) atoms. The third kappa shape index (κ3) is 3.87. The molecule has 0 amide bonds. The Morgan fingerprint density at radius 1 is 1.09 bits per heavy atom. The lowest BCUT2D eigenvalue weighted by atomic mass is 10.0. The molecule has 0 aromatic heterocycles. The SMILES string of the molecule is CC(C)(C)[Si](C)(C)Oc1cccc2c(CCN=[N+]=[N-])cccc12. The van der Waals surface area contributed by atoms with E-state index in [1.807, 2.05) is 12.1 Å². The molecule has 5 heteroatoms. The summed E-state index contributed by atoms with van der Waals surface area (Å²) < 4.78 is 6.52. The fourth-order valence-corrected chi connectivity index (χ4v) is 3.33. The highest BCUT2D eigenvalue weighted by molar-refractivity contribution is 6.74. The molecule has 0 saturated heterocycles. The molecule has 0 spiro atoms. The summed E-state index contributed by atoms with van der Waals surface area (Å²) in [5.41, 5.74) is 9.64. The maximum absolute atomic E-state index is 8.45. The van der Waals surface area contributed by atoms with Crippen LogP contribution in [0.15, 0.2) is 41.5 Å². The largest absolute Gasteiger partial charge is 0.543 e. The standard InChI is InChI=1S/C18H25N3OSi/c1-18(2,3)23(4,5)22-17-11-7-9-15-14(12-13-20-21-19)8-6-10-16(15)17/h6-11H,12-13H2,1-5H3. The summed E-state index contributed by atoms with van der Waals surface area (Å²) in [5.74, 6) is 0.958.